The summed E-state index contributed by atoms with van der Waals surface area (Å²) in [4.78, 5) is 43.2. The lowest BCUT2D eigenvalue weighted by Crippen LogP contribution is -2.26. The minimum atomic E-state index is -0.443. The number of hydrogen-bond donors (Lipinski definition) is 3. The summed E-state index contributed by atoms with van der Waals surface area (Å²) in [7, 11) is 0. The van der Waals surface area contributed by atoms with Crippen molar-refractivity contribution in [3.63, 3.8) is 0 Å². The molecule has 0 saturated heterocycles. The molecule has 3 rings (SSSR count). The Labute approximate surface area is 237 Å². The number of carbonyl (C=O) groups is 3. The van der Waals surface area contributed by atoms with Crippen molar-refractivity contribution in [3.8, 4) is 0 Å². The molecule has 1 aliphatic rings. The van der Waals surface area contributed by atoms with E-state index in [0.717, 1.165) is 0 Å². The van der Waals surface area contributed by atoms with Crippen molar-refractivity contribution in [1.29, 1.82) is 0 Å². The molecule has 0 aliphatic carbocycles. The lowest BCUT2D eigenvalue weighted by atomic mass is 10.0. The van der Waals surface area contributed by atoms with Crippen LogP contribution in [0.2, 0.25) is 0 Å². The van der Waals surface area contributed by atoms with Gasteiger partial charge in [0, 0.05) is 53.5 Å². The Morgan fingerprint density at radius 2 is 1.78 bits per heavy atom. The highest BCUT2D eigenvalue weighted by molar-refractivity contribution is 6.34. The Bertz CT molecular complexity index is 1320. The number of benzene rings is 1. The fourth-order valence-electron chi connectivity index (χ4n) is 4.29. The van der Waals surface area contributed by atoms with E-state index in [9.17, 15) is 18.8 Å². The van der Waals surface area contributed by atoms with Gasteiger partial charge in [-0.15, -0.1) is 0 Å². The fourth-order valence-corrected chi connectivity index (χ4v) is 4.29. The number of aromatic amines is 1. The van der Waals surface area contributed by atoms with Crippen LogP contribution in [0.3, 0.4) is 0 Å². The number of nitrogens with one attached hydrogen (secondary N) is 3. The maximum Gasteiger partial charge on any atom is 0.256 e. The van der Waals surface area contributed by atoms with Gasteiger partial charge in [-0.05, 0) is 55.6 Å². The number of ether oxygens (including phenoxy) is 3. The molecular formula is C28H35FN6O6. The van der Waals surface area contributed by atoms with Crippen LogP contribution in [-0.2, 0) is 23.8 Å². The van der Waals surface area contributed by atoms with Crippen LogP contribution in [0.25, 0.3) is 22.1 Å². The first-order chi connectivity index (χ1) is 19.8. The number of hydrogen-bond acceptors (Lipinski definition) is 7. The van der Waals surface area contributed by atoms with E-state index in [1.807, 2.05) is 0 Å². The number of aryl methyl sites for hydroxylation is 1. The average Bonchev–Trinajstić information content (AvgIpc) is 3.40. The number of aromatic nitrogens is 1. The number of rotatable bonds is 18. The Balaban J connectivity index is 1.34. The standard InChI is InChI=1S/C28H35FN6O6/c1-18-25(17-23-22-16-20(29)5-6-24(22)34-27(23)37)33-19(2)26(18)28(38)31-8-3-4-21(36)7-10-39-12-14-41-15-13-40-11-9-32-35-30/h5-6,16-17,33H,3-4,7-15H2,1-2H3,(H,31,38)(H,34,37)/b23-17-. The van der Waals surface area contributed by atoms with Crippen molar-refractivity contribution < 1.29 is 33.0 Å². The number of halogens is 1. The van der Waals surface area contributed by atoms with Crippen LogP contribution in [0.15, 0.2) is 23.3 Å². The molecule has 0 spiro atoms. The van der Waals surface area contributed by atoms with Crippen LogP contribution in [0.4, 0.5) is 10.1 Å². The van der Waals surface area contributed by atoms with Gasteiger partial charge in [0.1, 0.15) is 11.6 Å². The number of carbonyl (C=O) groups excluding carboxylic acids is 3. The molecule has 3 N–H and O–H groups in total. The van der Waals surface area contributed by atoms with E-state index in [1.54, 1.807) is 19.9 Å². The molecular weight excluding hydrogens is 535 g/mol. The highest BCUT2D eigenvalue weighted by atomic mass is 19.1. The lowest BCUT2D eigenvalue weighted by Gasteiger charge is -2.07. The number of Topliss-reactive ketones (excluding diaryl/α,β-unsaturated/α-hetero) is 1. The molecule has 0 radical (unpaired) electrons. The Morgan fingerprint density at radius 3 is 2.51 bits per heavy atom. The molecule has 0 atom stereocenters. The van der Waals surface area contributed by atoms with Gasteiger partial charge in [-0.25, -0.2) is 4.39 Å². The van der Waals surface area contributed by atoms with Crippen LogP contribution in [0.5, 0.6) is 0 Å². The van der Waals surface area contributed by atoms with Crippen molar-refractivity contribution in [1.82, 2.24) is 10.3 Å². The van der Waals surface area contributed by atoms with Gasteiger partial charge in [-0.1, -0.05) is 5.11 Å². The molecule has 0 unspecified atom stereocenters. The first kappa shape index (κ1) is 31.5. The van der Waals surface area contributed by atoms with E-state index in [1.165, 1.54) is 18.2 Å². The molecule has 12 nitrogen and oxygen atoms in total. The molecule has 1 aromatic heterocycles. The van der Waals surface area contributed by atoms with Gasteiger partial charge in [0.25, 0.3) is 11.8 Å². The van der Waals surface area contributed by atoms with E-state index >= 15 is 0 Å². The third kappa shape index (κ3) is 9.54. The molecule has 1 aliphatic heterocycles. The SMILES string of the molecule is Cc1[nH]c(/C=C2\C(=O)Nc3ccc(F)cc32)c(C)c1C(=O)NCCCC(=O)CCOCCOCCOCCN=[N+]=[N-]. The van der Waals surface area contributed by atoms with E-state index < -0.39 is 5.82 Å². The fraction of sp³-hybridized carbons (Fsp3) is 0.464. The predicted octanol–water partition coefficient (Wildman–Crippen LogP) is 4.09. The predicted molar refractivity (Wildman–Crippen MR) is 151 cm³/mol. The zero-order valence-corrected chi connectivity index (χ0v) is 23.3. The van der Waals surface area contributed by atoms with Crippen LogP contribution < -0.4 is 10.6 Å². The number of H-pyrrole nitrogens is 1. The summed E-state index contributed by atoms with van der Waals surface area (Å²) in [6.45, 7) is 6.36. The minimum Gasteiger partial charge on any atom is -0.379 e. The topological polar surface area (TPSA) is 168 Å². The summed E-state index contributed by atoms with van der Waals surface area (Å²) in [5, 5.41) is 8.92. The summed E-state index contributed by atoms with van der Waals surface area (Å²) < 4.78 is 29.7. The molecule has 0 fully saturated rings. The van der Waals surface area contributed by atoms with Crippen LogP contribution in [0.1, 0.15) is 52.1 Å². The van der Waals surface area contributed by atoms with Crippen molar-refractivity contribution in [2.24, 2.45) is 5.11 Å². The van der Waals surface area contributed by atoms with E-state index in [0.29, 0.717) is 98.4 Å². The molecule has 2 aromatic rings. The number of ketones is 1. The molecule has 13 heteroatoms. The summed E-state index contributed by atoms with van der Waals surface area (Å²) >= 11 is 0. The van der Waals surface area contributed by atoms with Crippen molar-refractivity contribution in [2.45, 2.75) is 33.1 Å². The molecule has 41 heavy (non-hydrogen) atoms. The van der Waals surface area contributed by atoms with Gasteiger partial charge < -0.3 is 29.8 Å². The second-order valence-electron chi connectivity index (χ2n) is 9.31. The Kier molecular flexibility index (Phi) is 12.5. The van der Waals surface area contributed by atoms with Crippen molar-refractivity contribution >= 4 is 34.9 Å². The zero-order valence-electron chi connectivity index (χ0n) is 23.3. The second kappa shape index (κ2) is 16.3. The van der Waals surface area contributed by atoms with Crippen LogP contribution >= 0.6 is 0 Å². The quantitative estimate of drug-likeness (QED) is 0.0802. The Hall–Kier alpha value is -4.03. The monoisotopic (exact) mass is 570 g/mol. The van der Waals surface area contributed by atoms with Gasteiger partial charge in [-0.3, -0.25) is 14.4 Å². The second-order valence-corrected chi connectivity index (χ2v) is 9.31. The average molecular weight is 571 g/mol. The maximum atomic E-state index is 13.8. The van der Waals surface area contributed by atoms with Gasteiger partial charge in [-0.2, -0.15) is 0 Å². The third-order valence-electron chi connectivity index (χ3n) is 6.34. The zero-order chi connectivity index (χ0) is 29.6. The highest BCUT2D eigenvalue weighted by Gasteiger charge is 2.26. The van der Waals surface area contributed by atoms with E-state index in [-0.39, 0.29) is 30.6 Å². The number of anilines is 1. The van der Waals surface area contributed by atoms with Gasteiger partial charge in [0.05, 0.1) is 50.8 Å². The smallest absolute Gasteiger partial charge is 0.256 e. The van der Waals surface area contributed by atoms with Crippen LogP contribution in [0, 0.1) is 19.7 Å². The molecule has 0 bridgehead atoms. The maximum absolute atomic E-state index is 13.8. The Morgan fingerprint density at radius 1 is 1.07 bits per heavy atom. The van der Waals surface area contributed by atoms with Gasteiger partial charge >= 0.3 is 0 Å². The summed E-state index contributed by atoms with van der Waals surface area (Å²) in [6.07, 6.45) is 2.72. The summed E-state index contributed by atoms with van der Waals surface area (Å²) in [5.74, 6) is -1.02. The number of fused-ring (bicyclic) bond motifs is 1. The van der Waals surface area contributed by atoms with E-state index in [4.69, 9.17) is 19.7 Å². The number of azide groups is 1. The van der Waals surface area contributed by atoms with Crippen molar-refractivity contribution in [2.75, 3.05) is 58.0 Å². The summed E-state index contributed by atoms with van der Waals surface area (Å²) in [6, 6.07) is 4.10. The molecule has 2 heterocycles. The molecule has 1 aromatic carbocycles. The first-order valence-corrected chi connectivity index (χ1v) is 13.4. The molecule has 0 saturated carbocycles. The first-order valence-electron chi connectivity index (χ1n) is 13.4. The number of amides is 2. The lowest BCUT2D eigenvalue weighted by molar-refractivity contribution is -0.120. The number of nitrogens with zero attached hydrogens (tertiary/aromatic N) is 3. The normalized spacial score (nSPS) is 13.1. The van der Waals surface area contributed by atoms with Crippen LogP contribution in [-0.4, -0.2) is 75.3 Å². The summed E-state index contributed by atoms with van der Waals surface area (Å²) in [5.41, 5.74) is 11.8. The molecule has 2 amide bonds. The minimum absolute atomic E-state index is 0.0445. The van der Waals surface area contributed by atoms with E-state index in [2.05, 4.69) is 25.6 Å². The molecule has 220 valence electrons. The van der Waals surface area contributed by atoms with Gasteiger partial charge in [0.15, 0.2) is 0 Å². The van der Waals surface area contributed by atoms with Gasteiger partial charge in [0.2, 0.25) is 0 Å². The third-order valence-corrected chi connectivity index (χ3v) is 6.34. The highest BCUT2D eigenvalue weighted by Crippen LogP contribution is 2.34. The largest absolute Gasteiger partial charge is 0.379 e. The van der Waals surface area contributed by atoms with Crippen molar-refractivity contribution in [3.05, 3.63) is 62.5 Å².